The van der Waals surface area contributed by atoms with Crippen LogP contribution in [0.3, 0.4) is 0 Å². The summed E-state index contributed by atoms with van der Waals surface area (Å²) in [6, 6.07) is 2.01. The summed E-state index contributed by atoms with van der Waals surface area (Å²) in [6.07, 6.45) is 0. The first-order valence-electron chi connectivity index (χ1n) is 4.44. The van der Waals surface area contributed by atoms with E-state index in [4.69, 9.17) is 5.73 Å². The number of nitrogens with two attached hydrogens (primary N) is 1. The molecule has 0 saturated heterocycles. The second kappa shape index (κ2) is 3.90. The van der Waals surface area contributed by atoms with Gasteiger partial charge in [0.05, 0.1) is 4.88 Å². The maximum absolute atomic E-state index is 5.70. The minimum Gasteiger partial charge on any atom is -0.382 e. The van der Waals surface area contributed by atoms with Crippen LogP contribution in [0.4, 0.5) is 5.82 Å². The van der Waals surface area contributed by atoms with Gasteiger partial charge in [-0.05, 0) is 52.4 Å². The molecule has 0 aliphatic carbocycles. The molecule has 0 bridgehead atoms. The number of hydrogen-bond acceptors (Lipinski definition) is 4. The number of thiophene rings is 1. The Morgan fingerprint density at radius 1 is 1.27 bits per heavy atom. The molecule has 0 unspecified atom stereocenters. The predicted octanol–water partition coefficient (Wildman–Crippen LogP) is 3.17. The van der Waals surface area contributed by atoms with Crippen molar-refractivity contribution in [3.8, 4) is 10.6 Å². The van der Waals surface area contributed by atoms with Gasteiger partial charge in [0.2, 0.25) is 0 Å². The Kier molecular flexibility index (Phi) is 2.75. The SMILES string of the molecule is Cc1c(N)nnc(-c2sccc2Br)c1C. The van der Waals surface area contributed by atoms with Crippen molar-refractivity contribution in [1.82, 2.24) is 10.2 Å². The van der Waals surface area contributed by atoms with E-state index in [2.05, 4.69) is 26.1 Å². The zero-order valence-electron chi connectivity index (χ0n) is 8.41. The minimum atomic E-state index is 0.504. The van der Waals surface area contributed by atoms with Gasteiger partial charge in [0, 0.05) is 4.47 Å². The second-order valence-electron chi connectivity index (χ2n) is 3.28. The number of hydrogen-bond donors (Lipinski definition) is 1. The standard InChI is InChI=1S/C10H10BrN3S/c1-5-6(2)10(12)14-13-8(5)9-7(11)3-4-15-9/h3-4H,1-2H3,(H2,12,14). The molecule has 2 N–H and O–H groups in total. The summed E-state index contributed by atoms with van der Waals surface area (Å²) in [6.45, 7) is 3.98. The average molecular weight is 284 g/mol. The Balaban J connectivity index is 2.65. The van der Waals surface area contributed by atoms with Gasteiger partial charge >= 0.3 is 0 Å². The first-order valence-corrected chi connectivity index (χ1v) is 6.11. The first kappa shape index (κ1) is 10.6. The summed E-state index contributed by atoms with van der Waals surface area (Å²) in [4.78, 5) is 1.10. The fourth-order valence-corrected chi connectivity index (χ4v) is 2.90. The number of anilines is 1. The average Bonchev–Trinajstić information content (AvgIpc) is 2.62. The fraction of sp³-hybridized carbons (Fsp3) is 0.200. The van der Waals surface area contributed by atoms with Crippen molar-refractivity contribution < 1.29 is 0 Å². The molecular formula is C10H10BrN3S. The molecule has 5 heteroatoms. The zero-order chi connectivity index (χ0) is 11.0. The van der Waals surface area contributed by atoms with Crippen molar-refractivity contribution in [2.24, 2.45) is 0 Å². The Labute approximate surface area is 100 Å². The van der Waals surface area contributed by atoms with Gasteiger partial charge in [-0.25, -0.2) is 0 Å². The van der Waals surface area contributed by atoms with Gasteiger partial charge in [-0.15, -0.1) is 21.5 Å². The second-order valence-corrected chi connectivity index (χ2v) is 5.05. The van der Waals surface area contributed by atoms with Crippen molar-refractivity contribution in [3.05, 3.63) is 27.0 Å². The third-order valence-electron chi connectivity index (χ3n) is 2.39. The summed E-state index contributed by atoms with van der Waals surface area (Å²) in [5.41, 5.74) is 8.69. The summed E-state index contributed by atoms with van der Waals surface area (Å²) in [5, 5.41) is 10.1. The molecular weight excluding hydrogens is 274 g/mol. The zero-order valence-corrected chi connectivity index (χ0v) is 10.8. The quantitative estimate of drug-likeness (QED) is 0.875. The Morgan fingerprint density at radius 3 is 2.60 bits per heavy atom. The van der Waals surface area contributed by atoms with Crippen LogP contribution in [0, 0.1) is 13.8 Å². The summed E-state index contributed by atoms with van der Waals surface area (Å²) in [7, 11) is 0. The van der Waals surface area contributed by atoms with E-state index < -0.39 is 0 Å². The van der Waals surface area contributed by atoms with Crippen LogP contribution in [0.25, 0.3) is 10.6 Å². The molecule has 0 spiro atoms. The van der Waals surface area contributed by atoms with Gasteiger partial charge in [0.25, 0.3) is 0 Å². The molecule has 2 rings (SSSR count). The molecule has 0 aliphatic rings. The van der Waals surface area contributed by atoms with Gasteiger partial charge in [-0.1, -0.05) is 0 Å². The largest absolute Gasteiger partial charge is 0.382 e. The van der Waals surface area contributed by atoms with Crippen LogP contribution in [0.1, 0.15) is 11.1 Å². The van der Waals surface area contributed by atoms with E-state index in [0.717, 1.165) is 26.2 Å². The molecule has 0 aromatic carbocycles. The van der Waals surface area contributed by atoms with Gasteiger partial charge in [-0.2, -0.15) is 0 Å². The molecule has 2 aromatic heterocycles. The highest BCUT2D eigenvalue weighted by molar-refractivity contribution is 9.10. The number of aromatic nitrogens is 2. The molecule has 78 valence electrons. The maximum atomic E-state index is 5.70. The third-order valence-corrected chi connectivity index (χ3v) is 4.24. The van der Waals surface area contributed by atoms with Gasteiger partial charge in [-0.3, -0.25) is 0 Å². The monoisotopic (exact) mass is 283 g/mol. The predicted molar refractivity (Wildman–Crippen MR) is 66.9 cm³/mol. The van der Waals surface area contributed by atoms with Crippen molar-refractivity contribution in [3.63, 3.8) is 0 Å². The molecule has 0 aliphatic heterocycles. The van der Waals surface area contributed by atoms with Crippen LogP contribution in [-0.2, 0) is 0 Å². The van der Waals surface area contributed by atoms with E-state index >= 15 is 0 Å². The van der Waals surface area contributed by atoms with E-state index in [1.54, 1.807) is 11.3 Å². The molecule has 0 amide bonds. The lowest BCUT2D eigenvalue weighted by Gasteiger charge is -2.07. The number of nitrogen functional groups attached to an aromatic ring is 1. The normalized spacial score (nSPS) is 10.6. The van der Waals surface area contributed by atoms with Crippen LogP contribution in [0.2, 0.25) is 0 Å². The highest BCUT2D eigenvalue weighted by Gasteiger charge is 2.13. The van der Waals surface area contributed by atoms with Crippen LogP contribution >= 0.6 is 27.3 Å². The van der Waals surface area contributed by atoms with Crippen molar-refractivity contribution in [2.45, 2.75) is 13.8 Å². The van der Waals surface area contributed by atoms with E-state index in [0.29, 0.717) is 5.82 Å². The van der Waals surface area contributed by atoms with E-state index in [-0.39, 0.29) is 0 Å². The van der Waals surface area contributed by atoms with Gasteiger partial charge < -0.3 is 5.73 Å². The first-order chi connectivity index (χ1) is 7.11. The van der Waals surface area contributed by atoms with Gasteiger partial charge in [0.15, 0.2) is 0 Å². The Hall–Kier alpha value is -0.940. The highest BCUT2D eigenvalue weighted by atomic mass is 79.9. The smallest absolute Gasteiger partial charge is 0.149 e. The number of rotatable bonds is 1. The summed E-state index contributed by atoms with van der Waals surface area (Å²) >= 11 is 5.13. The molecule has 2 aromatic rings. The van der Waals surface area contributed by atoms with Crippen LogP contribution in [0.5, 0.6) is 0 Å². The van der Waals surface area contributed by atoms with Crippen LogP contribution in [0.15, 0.2) is 15.9 Å². The lowest BCUT2D eigenvalue weighted by atomic mass is 10.1. The van der Waals surface area contributed by atoms with E-state index in [1.807, 2.05) is 25.3 Å². The molecule has 15 heavy (non-hydrogen) atoms. The van der Waals surface area contributed by atoms with E-state index in [1.165, 1.54) is 0 Å². The molecule has 0 saturated carbocycles. The Bertz CT molecular complexity index is 507. The number of nitrogens with zero attached hydrogens (tertiary/aromatic N) is 2. The van der Waals surface area contributed by atoms with Crippen LogP contribution in [-0.4, -0.2) is 10.2 Å². The molecule has 3 nitrogen and oxygen atoms in total. The Morgan fingerprint density at radius 2 is 2.00 bits per heavy atom. The maximum Gasteiger partial charge on any atom is 0.149 e. The lowest BCUT2D eigenvalue weighted by Crippen LogP contribution is -2.01. The molecule has 0 atom stereocenters. The summed E-state index contributed by atoms with van der Waals surface area (Å²) in [5.74, 6) is 0.504. The lowest BCUT2D eigenvalue weighted by molar-refractivity contribution is 1.02. The summed E-state index contributed by atoms with van der Waals surface area (Å²) < 4.78 is 1.05. The van der Waals surface area contributed by atoms with Crippen molar-refractivity contribution in [1.29, 1.82) is 0 Å². The fourth-order valence-electron chi connectivity index (χ4n) is 1.30. The van der Waals surface area contributed by atoms with Crippen LogP contribution < -0.4 is 5.73 Å². The van der Waals surface area contributed by atoms with E-state index in [9.17, 15) is 0 Å². The van der Waals surface area contributed by atoms with Crippen molar-refractivity contribution in [2.75, 3.05) is 5.73 Å². The third kappa shape index (κ3) is 1.77. The molecule has 2 heterocycles. The highest BCUT2D eigenvalue weighted by Crippen LogP contribution is 2.35. The number of halogens is 1. The topological polar surface area (TPSA) is 51.8 Å². The minimum absolute atomic E-state index is 0.504. The molecule has 0 radical (unpaired) electrons. The van der Waals surface area contributed by atoms with Crippen molar-refractivity contribution >= 4 is 33.1 Å². The van der Waals surface area contributed by atoms with Gasteiger partial charge in [0.1, 0.15) is 11.5 Å². The molecule has 0 fully saturated rings.